The number of hydrogen-bond acceptors (Lipinski definition) is 5. The molecule has 0 aliphatic heterocycles. The van der Waals surface area contributed by atoms with Crippen LogP contribution in [0.25, 0.3) is 17.0 Å². The van der Waals surface area contributed by atoms with Gasteiger partial charge in [0.2, 0.25) is 11.8 Å². The summed E-state index contributed by atoms with van der Waals surface area (Å²) in [6.45, 7) is 0.844. The second-order valence-corrected chi connectivity index (χ2v) is 7.24. The maximum absolute atomic E-state index is 12.1. The number of nitrogens with one attached hydrogen (secondary N) is 1. The summed E-state index contributed by atoms with van der Waals surface area (Å²) in [5.74, 6) is 1.81. The Hall–Kier alpha value is -2.96. The molecule has 1 saturated carbocycles. The highest BCUT2D eigenvalue weighted by Gasteiger charge is 2.16. The van der Waals surface area contributed by atoms with E-state index < -0.39 is 0 Å². The lowest BCUT2D eigenvalue weighted by atomic mass is 9.87. The van der Waals surface area contributed by atoms with Crippen molar-refractivity contribution in [3.63, 3.8) is 0 Å². The van der Waals surface area contributed by atoms with Gasteiger partial charge in [0.1, 0.15) is 6.61 Å². The van der Waals surface area contributed by atoms with Crippen molar-refractivity contribution in [3.05, 3.63) is 42.5 Å². The van der Waals surface area contributed by atoms with Crippen molar-refractivity contribution in [3.8, 4) is 17.3 Å². The summed E-state index contributed by atoms with van der Waals surface area (Å²) >= 11 is 0. The van der Waals surface area contributed by atoms with Crippen LogP contribution in [0.5, 0.6) is 5.88 Å². The Bertz CT molecular complexity index is 919. The maximum Gasteiger partial charge on any atom is 0.231 e. The van der Waals surface area contributed by atoms with E-state index in [0.717, 1.165) is 5.56 Å². The minimum atomic E-state index is 0.115. The van der Waals surface area contributed by atoms with E-state index in [-0.39, 0.29) is 5.91 Å². The number of amides is 1. The van der Waals surface area contributed by atoms with Crippen LogP contribution in [0.2, 0.25) is 0 Å². The van der Waals surface area contributed by atoms with Gasteiger partial charge in [0.15, 0.2) is 11.5 Å². The van der Waals surface area contributed by atoms with E-state index in [1.165, 1.54) is 32.1 Å². The van der Waals surface area contributed by atoms with Crippen molar-refractivity contribution in [1.29, 1.82) is 0 Å². The molecule has 1 N–H and O–H groups in total. The van der Waals surface area contributed by atoms with Gasteiger partial charge in [-0.1, -0.05) is 49.6 Å². The number of aromatic nitrogens is 4. The van der Waals surface area contributed by atoms with Gasteiger partial charge in [0.05, 0.1) is 6.54 Å². The molecule has 1 aliphatic rings. The van der Waals surface area contributed by atoms with E-state index in [4.69, 9.17) is 4.74 Å². The Balaban J connectivity index is 1.30. The van der Waals surface area contributed by atoms with E-state index in [0.29, 0.717) is 42.8 Å². The summed E-state index contributed by atoms with van der Waals surface area (Å²) in [6, 6.07) is 13.4. The smallest absolute Gasteiger partial charge is 0.231 e. The lowest BCUT2D eigenvalue weighted by Gasteiger charge is -2.20. The zero-order chi connectivity index (χ0) is 19.2. The number of hydrogen-bond donors (Lipinski definition) is 1. The highest BCUT2D eigenvalue weighted by Crippen LogP contribution is 2.26. The first-order valence-corrected chi connectivity index (χ1v) is 9.97. The summed E-state index contributed by atoms with van der Waals surface area (Å²) in [5.41, 5.74) is 1.60. The Kier molecular flexibility index (Phi) is 5.80. The van der Waals surface area contributed by atoms with Gasteiger partial charge in [-0.2, -0.15) is 4.52 Å². The summed E-state index contributed by atoms with van der Waals surface area (Å²) in [4.78, 5) is 12.1. The second kappa shape index (κ2) is 8.82. The fourth-order valence-electron chi connectivity index (χ4n) is 3.69. The Morgan fingerprint density at radius 2 is 1.89 bits per heavy atom. The number of nitrogens with zero attached hydrogens (tertiary/aromatic N) is 4. The normalized spacial score (nSPS) is 14.9. The predicted molar refractivity (Wildman–Crippen MR) is 106 cm³/mol. The van der Waals surface area contributed by atoms with E-state index in [1.807, 2.05) is 36.4 Å². The van der Waals surface area contributed by atoms with Gasteiger partial charge in [-0.05, 0) is 24.8 Å². The number of ether oxygens (including phenoxy) is 1. The van der Waals surface area contributed by atoms with Crippen LogP contribution in [-0.4, -0.2) is 38.9 Å². The first kappa shape index (κ1) is 18.4. The molecule has 1 aromatic carbocycles. The molecule has 0 spiro atoms. The van der Waals surface area contributed by atoms with Crippen LogP contribution in [0.4, 0.5) is 0 Å². The Morgan fingerprint density at radius 1 is 1.07 bits per heavy atom. The number of carbonyl (C=O) groups is 1. The van der Waals surface area contributed by atoms with E-state index in [9.17, 15) is 4.79 Å². The lowest BCUT2D eigenvalue weighted by Crippen LogP contribution is -2.30. The summed E-state index contributed by atoms with van der Waals surface area (Å²) in [6.07, 6.45) is 6.80. The zero-order valence-corrected chi connectivity index (χ0v) is 15.9. The molecule has 7 nitrogen and oxygen atoms in total. The van der Waals surface area contributed by atoms with Crippen LogP contribution in [0, 0.1) is 5.92 Å². The molecule has 1 fully saturated rings. The maximum atomic E-state index is 12.1. The molecule has 1 amide bonds. The monoisotopic (exact) mass is 379 g/mol. The number of benzene rings is 1. The summed E-state index contributed by atoms with van der Waals surface area (Å²) in [7, 11) is 0. The SMILES string of the molecule is O=C(CC1CCCCC1)NCCOc1ccc2nnc(-c3ccccc3)n2n1. The molecule has 0 unspecified atom stereocenters. The van der Waals surface area contributed by atoms with Crippen LogP contribution in [0.3, 0.4) is 0 Å². The number of fused-ring (bicyclic) bond motifs is 1. The molecule has 0 saturated heterocycles. The molecule has 4 rings (SSSR count). The first-order chi connectivity index (χ1) is 13.8. The largest absolute Gasteiger partial charge is 0.475 e. The minimum Gasteiger partial charge on any atom is -0.475 e. The number of rotatable bonds is 7. The minimum absolute atomic E-state index is 0.115. The highest BCUT2D eigenvalue weighted by atomic mass is 16.5. The molecule has 2 aromatic heterocycles. The Morgan fingerprint density at radius 3 is 2.71 bits per heavy atom. The molecule has 0 atom stereocenters. The van der Waals surface area contributed by atoms with Gasteiger partial charge in [0.25, 0.3) is 0 Å². The second-order valence-electron chi connectivity index (χ2n) is 7.24. The fourth-order valence-corrected chi connectivity index (χ4v) is 3.69. The zero-order valence-electron chi connectivity index (χ0n) is 15.9. The summed E-state index contributed by atoms with van der Waals surface area (Å²) in [5, 5.41) is 15.8. The van der Waals surface area contributed by atoms with Crippen molar-refractivity contribution in [2.24, 2.45) is 5.92 Å². The average molecular weight is 379 g/mol. The molecule has 3 aromatic rings. The number of carbonyl (C=O) groups excluding carboxylic acids is 1. The highest BCUT2D eigenvalue weighted by molar-refractivity contribution is 5.76. The summed E-state index contributed by atoms with van der Waals surface area (Å²) < 4.78 is 7.39. The van der Waals surface area contributed by atoms with Gasteiger partial charge < -0.3 is 10.1 Å². The first-order valence-electron chi connectivity index (χ1n) is 9.97. The van der Waals surface area contributed by atoms with Gasteiger partial charge in [0, 0.05) is 18.1 Å². The Labute approximate surface area is 164 Å². The van der Waals surface area contributed by atoms with Gasteiger partial charge in [-0.3, -0.25) is 4.79 Å². The van der Waals surface area contributed by atoms with E-state index in [2.05, 4.69) is 20.6 Å². The van der Waals surface area contributed by atoms with E-state index >= 15 is 0 Å². The van der Waals surface area contributed by atoms with Crippen molar-refractivity contribution in [2.75, 3.05) is 13.2 Å². The third-order valence-electron chi connectivity index (χ3n) is 5.14. The van der Waals surface area contributed by atoms with E-state index in [1.54, 1.807) is 10.6 Å². The molecule has 146 valence electrons. The van der Waals surface area contributed by atoms with Crippen LogP contribution in [-0.2, 0) is 4.79 Å². The topological polar surface area (TPSA) is 81.4 Å². The van der Waals surface area contributed by atoms with Gasteiger partial charge in [-0.15, -0.1) is 15.3 Å². The van der Waals surface area contributed by atoms with Crippen LogP contribution < -0.4 is 10.1 Å². The third-order valence-corrected chi connectivity index (χ3v) is 5.14. The van der Waals surface area contributed by atoms with Gasteiger partial charge >= 0.3 is 0 Å². The predicted octanol–water partition coefficient (Wildman–Crippen LogP) is 3.26. The van der Waals surface area contributed by atoms with Crippen LogP contribution >= 0.6 is 0 Å². The van der Waals surface area contributed by atoms with Crippen molar-refractivity contribution in [2.45, 2.75) is 38.5 Å². The van der Waals surface area contributed by atoms with Crippen molar-refractivity contribution < 1.29 is 9.53 Å². The average Bonchev–Trinajstić information content (AvgIpc) is 3.16. The third kappa shape index (κ3) is 4.47. The van der Waals surface area contributed by atoms with Crippen LogP contribution in [0.1, 0.15) is 38.5 Å². The molecule has 1 aliphatic carbocycles. The van der Waals surface area contributed by atoms with Gasteiger partial charge in [-0.25, -0.2) is 0 Å². The molecule has 0 bridgehead atoms. The molecular weight excluding hydrogens is 354 g/mol. The lowest BCUT2D eigenvalue weighted by molar-refractivity contribution is -0.122. The molecule has 0 radical (unpaired) electrons. The quantitative estimate of drug-likeness (QED) is 0.637. The molecule has 2 heterocycles. The fraction of sp³-hybridized carbons (Fsp3) is 0.429. The molecular formula is C21H25N5O2. The van der Waals surface area contributed by atoms with Crippen LogP contribution in [0.15, 0.2) is 42.5 Å². The molecule has 7 heteroatoms. The van der Waals surface area contributed by atoms with Crippen molar-refractivity contribution in [1.82, 2.24) is 25.1 Å². The molecule has 28 heavy (non-hydrogen) atoms. The van der Waals surface area contributed by atoms with Crippen molar-refractivity contribution >= 4 is 11.6 Å². The standard InChI is InChI=1S/C21H25N5O2/c27-19(15-16-7-3-1-4-8-16)22-13-14-28-20-12-11-18-23-24-21(26(18)25-20)17-9-5-2-6-10-17/h2,5-6,9-12,16H,1,3-4,7-8,13-15H2,(H,22,27).